The molecule has 20 heavy (non-hydrogen) atoms. The molecular weight excluding hydrogens is 276 g/mol. The number of nitrogens with zero attached hydrogens (tertiary/aromatic N) is 1. The Balaban J connectivity index is 1.79. The van der Waals surface area contributed by atoms with Crippen molar-refractivity contribution in [2.24, 2.45) is 0 Å². The Hall–Kier alpha value is -2.21. The summed E-state index contributed by atoms with van der Waals surface area (Å²) in [6.07, 6.45) is 1.31. The number of amides is 1. The highest BCUT2D eigenvalue weighted by atomic mass is 32.1. The molecule has 6 heteroatoms. The molecule has 0 aliphatic heterocycles. The zero-order valence-corrected chi connectivity index (χ0v) is 11.3. The van der Waals surface area contributed by atoms with Gasteiger partial charge in [0.2, 0.25) is 0 Å². The summed E-state index contributed by atoms with van der Waals surface area (Å²) in [5.41, 5.74) is 1.16. The number of carboxylic acids is 1. The lowest BCUT2D eigenvalue weighted by atomic mass is 10.1. The number of aromatic nitrogens is 1. The van der Waals surface area contributed by atoms with Crippen molar-refractivity contribution in [1.82, 2.24) is 4.98 Å². The van der Waals surface area contributed by atoms with E-state index in [0.717, 1.165) is 4.88 Å². The molecule has 1 heterocycles. The van der Waals surface area contributed by atoms with E-state index in [1.165, 1.54) is 11.3 Å². The summed E-state index contributed by atoms with van der Waals surface area (Å²) in [5, 5.41) is 12.3. The molecule has 5 nitrogen and oxygen atoms in total. The second-order valence-electron chi connectivity index (χ2n) is 4.58. The monoisotopic (exact) mass is 288 g/mol. The summed E-state index contributed by atoms with van der Waals surface area (Å²) in [4.78, 5) is 28.3. The summed E-state index contributed by atoms with van der Waals surface area (Å²) < 4.78 is 0. The second kappa shape index (κ2) is 5.05. The lowest BCUT2D eigenvalue weighted by Crippen LogP contribution is -2.12. The predicted molar refractivity (Wildman–Crippen MR) is 75.2 cm³/mol. The smallest absolute Gasteiger partial charge is 0.312 e. The summed E-state index contributed by atoms with van der Waals surface area (Å²) in [6, 6.07) is 8.86. The van der Waals surface area contributed by atoms with Crippen LogP contribution in [-0.4, -0.2) is 22.0 Å². The molecule has 0 unspecified atom stereocenters. The first-order valence-electron chi connectivity index (χ1n) is 6.24. The van der Waals surface area contributed by atoms with Crippen LogP contribution in [0.5, 0.6) is 0 Å². The molecule has 1 aromatic heterocycles. The maximum Gasteiger partial charge on any atom is 0.312 e. The molecule has 102 valence electrons. The maximum absolute atomic E-state index is 12.0. The minimum Gasteiger partial charge on any atom is -0.481 e. The molecule has 1 aliphatic rings. The van der Waals surface area contributed by atoms with Gasteiger partial charge < -0.3 is 5.11 Å². The molecule has 1 aliphatic carbocycles. The number of anilines is 1. The Bertz CT molecular complexity index is 666. The Labute approximate surface area is 119 Å². The first-order chi connectivity index (χ1) is 9.65. The predicted octanol–water partition coefficient (Wildman–Crippen LogP) is 2.51. The number of carboxylic acid groups (broad SMARTS) is 1. The third-order valence-electron chi connectivity index (χ3n) is 3.27. The van der Waals surface area contributed by atoms with Crippen molar-refractivity contribution in [3.05, 3.63) is 46.5 Å². The van der Waals surface area contributed by atoms with Crippen molar-refractivity contribution in [2.45, 2.75) is 18.8 Å². The fourth-order valence-corrected chi connectivity index (χ4v) is 3.31. The SMILES string of the molecule is O=C(Nc1nc2c(s1)CC[C@@H]2C(=O)O)c1ccccc1. The normalized spacial score (nSPS) is 16.7. The van der Waals surface area contributed by atoms with E-state index in [0.29, 0.717) is 29.2 Å². The van der Waals surface area contributed by atoms with Crippen LogP contribution in [0, 0.1) is 0 Å². The first kappa shape index (κ1) is 12.8. The molecular formula is C14H12N2O3S. The number of rotatable bonds is 3. The Morgan fingerprint density at radius 3 is 2.75 bits per heavy atom. The fourth-order valence-electron chi connectivity index (χ4n) is 2.28. The van der Waals surface area contributed by atoms with E-state index in [2.05, 4.69) is 10.3 Å². The first-order valence-corrected chi connectivity index (χ1v) is 7.05. The van der Waals surface area contributed by atoms with Gasteiger partial charge in [0.1, 0.15) is 5.92 Å². The van der Waals surface area contributed by atoms with Crippen molar-refractivity contribution in [3.8, 4) is 0 Å². The number of hydrogen-bond acceptors (Lipinski definition) is 4. The van der Waals surface area contributed by atoms with Crippen LogP contribution in [0.1, 0.15) is 33.3 Å². The summed E-state index contributed by atoms with van der Waals surface area (Å²) in [6.45, 7) is 0. The van der Waals surface area contributed by atoms with Crippen LogP contribution >= 0.6 is 11.3 Å². The molecule has 1 amide bonds. The molecule has 0 saturated heterocycles. The summed E-state index contributed by atoms with van der Waals surface area (Å²) >= 11 is 1.36. The van der Waals surface area contributed by atoms with Gasteiger partial charge in [0.05, 0.1) is 5.69 Å². The lowest BCUT2D eigenvalue weighted by molar-refractivity contribution is -0.138. The van der Waals surface area contributed by atoms with Gasteiger partial charge in [0, 0.05) is 10.4 Å². The molecule has 0 fully saturated rings. The number of carbonyl (C=O) groups is 2. The molecule has 1 atom stereocenters. The highest BCUT2D eigenvalue weighted by Crippen LogP contribution is 2.38. The average molecular weight is 288 g/mol. The topological polar surface area (TPSA) is 79.3 Å². The minimum atomic E-state index is -0.852. The van der Waals surface area contributed by atoms with E-state index in [1.807, 2.05) is 6.07 Å². The molecule has 0 spiro atoms. The van der Waals surface area contributed by atoms with Gasteiger partial charge in [-0.05, 0) is 25.0 Å². The Morgan fingerprint density at radius 1 is 1.30 bits per heavy atom. The maximum atomic E-state index is 12.0. The molecule has 1 aromatic carbocycles. The highest BCUT2D eigenvalue weighted by Gasteiger charge is 2.32. The minimum absolute atomic E-state index is 0.232. The number of thiazole rings is 1. The van der Waals surface area contributed by atoms with Crippen molar-refractivity contribution < 1.29 is 14.7 Å². The standard InChI is InChI=1S/C14H12N2O3S/c17-12(8-4-2-1-3-5-8)16-14-15-11-9(13(18)19)6-7-10(11)20-14/h1-5,9H,6-7H2,(H,18,19)(H,15,16,17)/t9-/m0/s1. The van der Waals surface area contributed by atoms with Gasteiger partial charge in [-0.25, -0.2) is 4.98 Å². The van der Waals surface area contributed by atoms with Gasteiger partial charge in [-0.2, -0.15) is 0 Å². The number of benzene rings is 1. The zero-order chi connectivity index (χ0) is 14.1. The van der Waals surface area contributed by atoms with E-state index in [9.17, 15) is 9.59 Å². The lowest BCUT2D eigenvalue weighted by Gasteiger charge is -2.03. The van der Waals surface area contributed by atoms with Gasteiger partial charge in [-0.3, -0.25) is 14.9 Å². The van der Waals surface area contributed by atoms with Crippen molar-refractivity contribution in [2.75, 3.05) is 5.32 Å². The Kier molecular flexibility index (Phi) is 3.23. The number of aryl methyl sites for hydroxylation is 1. The number of hydrogen-bond donors (Lipinski definition) is 2. The second-order valence-corrected chi connectivity index (χ2v) is 5.66. The van der Waals surface area contributed by atoms with Gasteiger partial charge in [0.25, 0.3) is 5.91 Å². The van der Waals surface area contributed by atoms with Gasteiger partial charge >= 0.3 is 5.97 Å². The molecule has 3 rings (SSSR count). The van der Waals surface area contributed by atoms with Crippen LogP contribution in [0.2, 0.25) is 0 Å². The van der Waals surface area contributed by atoms with E-state index in [4.69, 9.17) is 5.11 Å². The third-order valence-corrected chi connectivity index (χ3v) is 4.32. The fraction of sp³-hybridized carbons (Fsp3) is 0.214. The van der Waals surface area contributed by atoms with Crippen LogP contribution < -0.4 is 5.32 Å². The average Bonchev–Trinajstić information content (AvgIpc) is 2.98. The van der Waals surface area contributed by atoms with Crippen LogP contribution in [-0.2, 0) is 11.2 Å². The van der Waals surface area contributed by atoms with Gasteiger partial charge in [-0.1, -0.05) is 18.2 Å². The largest absolute Gasteiger partial charge is 0.481 e. The third kappa shape index (κ3) is 2.30. The van der Waals surface area contributed by atoms with E-state index >= 15 is 0 Å². The van der Waals surface area contributed by atoms with E-state index in [1.54, 1.807) is 24.3 Å². The number of nitrogens with one attached hydrogen (secondary N) is 1. The van der Waals surface area contributed by atoms with Crippen LogP contribution in [0.25, 0.3) is 0 Å². The Morgan fingerprint density at radius 2 is 2.05 bits per heavy atom. The number of carbonyl (C=O) groups excluding carboxylic acids is 1. The molecule has 0 bridgehead atoms. The number of fused-ring (bicyclic) bond motifs is 1. The van der Waals surface area contributed by atoms with Crippen molar-refractivity contribution in [3.63, 3.8) is 0 Å². The van der Waals surface area contributed by atoms with Crippen LogP contribution in [0.15, 0.2) is 30.3 Å². The summed E-state index contributed by atoms with van der Waals surface area (Å²) in [7, 11) is 0. The van der Waals surface area contributed by atoms with Crippen LogP contribution in [0.3, 0.4) is 0 Å². The number of aliphatic carboxylic acids is 1. The molecule has 2 aromatic rings. The van der Waals surface area contributed by atoms with E-state index in [-0.39, 0.29) is 5.91 Å². The molecule has 0 saturated carbocycles. The molecule has 2 N–H and O–H groups in total. The van der Waals surface area contributed by atoms with E-state index < -0.39 is 11.9 Å². The zero-order valence-electron chi connectivity index (χ0n) is 10.5. The highest BCUT2D eigenvalue weighted by molar-refractivity contribution is 7.16. The van der Waals surface area contributed by atoms with Crippen molar-refractivity contribution in [1.29, 1.82) is 0 Å². The molecule has 0 radical (unpaired) electrons. The van der Waals surface area contributed by atoms with Crippen molar-refractivity contribution >= 4 is 28.3 Å². The quantitative estimate of drug-likeness (QED) is 0.909. The summed E-state index contributed by atoms with van der Waals surface area (Å²) in [5.74, 6) is -1.62. The van der Waals surface area contributed by atoms with Gasteiger partial charge in [-0.15, -0.1) is 11.3 Å². The van der Waals surface area contributed by atoms with Crippen LogP contribution in [0.4, 0.5) is 5.13 Å². The van der Waals surface area contributed by atoms with Gasteiger partial charge in [0.15, 0.2) is 5.13 Å².